The number of nitrogens with zero attached hydrogens (tertiary/aromatic N) is 4. The van der Waals surface area contributed by atoms with E-state index in [1.807, 2.05) is 67.4 Å². The lowest BCUT2D eigenvalue weighted by molar-refractivity contribution is -0.135. The molecule has 13 nitrogen and oxygen atoms in total. The molecular formula is C46H62N8O5S. The third-order valence-corrected chi connectivity index (χ3v) is 11.1. The lowest BCUT2D eigenvalue weighted by Gasteiger charge is -2.34. The van der Waals surface area contributed by atoms with Crippen molar-refractivity contribution in [2.24, 2.45) is 17.6 Å². The number of thiol groups is 1. The van der Waals surface area contributed by atoms with Crippen LogP contribution in [0.3, 0.4) is 0 Å². The molecule has 14 heteroatoms. The number of amides is 2. The van der Waals surface area contributed by atoms with Crippen molar-refractivity contribution in [1.29, 1.82) is 0 Å². The van der Waals surface area contributed by atoms with E-state index in [0.717, 1.165) is 118 Å². The zero-order chi connectivity index (χ0) is 43.2. The molecule has 2 amide bonds. The third kappa shape index (κ3) is 12.9. The molecule has 0 bridgehead atoms. The first-order valence-corrected chi connectivity index (χ1v) is 21.1. The Morgan fingerprint density at radius 1 is 0.983 bits per heavy atom. The number of anilines is 3. The van der Waals surface area contributed by atoms with E-state index >= 15 is 0 Å². The van der Waals surface area contributed by atoms with Crippen LogP contribution in [-0.4, -0.2) is 103 Å². The van der Waals surface area contributed by atoms with Crippen molar-refractivity contribution in [2.45, 2.75) is 51.5 Å². The number of nitrogens with two attached hydrogens (primary N) is 2. The number of aryl methyl sites for hydroxylation is 1. The number of H-pyrrole nitrogens is 1. The van der Waals surface area contributed by atoms with Gasteiger partial charge in [-0.3, -0.25) is 9.59 Å². The van der Waals surface area contributed by atoms with E-state index in [9.17, 15) is 9.59 Å². The number of likely N-dealkylation sites (N-methyl/N-ethyl adjacent to an activating group) is 1. The van der Waals surface area contributed by atoms with Crippen molar-refractivity contribution in [3.8, 4) is 11.5 Å². The number of rotatable bonds is 8. The Balaban J connectivity index is 0.000000175. The number of aromatic nitrogens is 2. The number of aliphatic hydroxyl groups is 1. The zero-order valence-corrected chi connectivity index (χ0v) is 36.5. The lowest BCUT2D eigenvalue weighted by Crippen LogP contribution is -2.44. The Morgan fingerprint density at radius 2 is 1.73 bits per heavy atom. The topological polar surface area (TPSA) is 175 Å². The fourth-order valence-electron chi connectivity index (χ4n) is 7.32. The van der Waals surface area contributed by atoms with Crippen LogP contribution >= 0.6 is 12.6 Å². The second-order valence-corrected chi connectivity index (χ2v) is 16.2. The van der Waals surface area contributed by atoms with Gasteiger partial charge in [0.1, 0.15) is 17.1 Å². The highest BCUT2D eigenvalue weighted by molar-refractivity contribution is 7.80. The van der Waals surface area contributed by atoms with E-state index in [1.54, 1.807) is 12.3 Å². The Kier molecular flexibility index (Phi) is 17.1. The third-order valence-electron chi connectivity index (χ3n) is 10.8. The summed E-state index contributed by atoms with van der Waals surface area (Å²) in [5.41, 5.74) is 19.4. The minimum atomic E-state index is -0.513. The highest BCUT2D eigenvalue weighted by atomic mass is 32.1. The summed E-state index contributed by atoms with van der Waals surface area (Å²) in [5.74, 6) is 1.57. The molecule has 7 N–H and O–H groups in total. The molecule has 3 aromatic carbocycles. The number of piperazine rings is 1. The van der Waals surface area contributed by atoms with E-state index in [1.165, 1.54) is 16.7 Å². The van der Waals surface area contributed by atoms with E-state index < -0.39 is 5.91 Å². The van der Waals surface area contributed by atoms with Crippen LogP contribution in [0.15, 0.2) is 84.0 Å². The Morgan fingerprint density at radius 3 is 2.43 bits per heavy atom. The smallest absolute Gasteiger partial charge is 0.252 e. The van der Waals surface area contributed by atoms with Crippen molar-refractivity contribution < 1.29 is 24.2 Å². The van der Waals surface area contributed by atoms with E-state index in [4.69, 9.17) is 26.0 Å². The molecule has 0 aliphatic carbocycles. The molecule has 0 spiro atoms. The maximum absolute atomic E-state index is 11.9. The molecule has 0 saturated carbocycles. The van der Waals surface area contributed by atoms with Crippen LogP contribution in [-0.2, 0) is 22.5 Å². The van der Waals surface area contributed by atoms with Crippen LogP contribution in [0, 0.1) is 18.8 Å². The van der Waals surface area contributed by atoms with Gasteiger partial charge in [-0.25, -0.2) is 4.98 Å². The number of aromatic amines is 1. The Bertz CT molecular complexity index is 2160. The van der Waals surface area contributed by atoms with Crippen LogP contribution in [0.4, 0.5) is 17.1 Å². The van der Waals surface area contributed by atoms with Gasteiger partial charge in [0, 0.05) is 100 Å². The molecule has 2 fully saturated rings. The van der Waals surface area contributed by atoms with Crippen molar-refractivity contribution in [2.75, 3.05) is 82.6 Å². The predicted octanol–water partition coefficient (Wildman–Crippen LogP) is 6.75. The number of carbonyl (C=O) groups is 2. The lowest BCUT2D eigenvalue weighted by atomic mass is 9.97. The summed E-state index contributed by atoms with van der Waals surface area (Å²) in [5, 5.41) is 11.3. The van der Waals surface area contributed by atoms with Gasteiger partial charge in [0.25, 0.3) is 5.91 Å². The van der Waals surface area contributed by atoms with Gasteiger partial charge in [-0.05, 0) is 92.7 Å². The number of aliphatic hydroxyl groups excluding tert-OH is 1. The standard InChI is InChI=1S/C19H21N5O2.C14H19NO.C12H18N2OS.CH4O/c1-23-6-8-24(9-7-23)14-2-3-16(18(20)25)17(11-14)26-15-10-13-4-5-21-19(13)22-12-15;1-10(2)14(16)15-7-6-12-5-4-11(3)8-13(12)9-15;13-11-7-10(16)1-2-12(11)14-8-9-3-5-15-6-4-9;1-2/h2-5,10-12H,6-9H2,1H3,(H2,20,25)(H,21,22);4-5,8,10H,6-7,9H2,1-3H3;1-2,7,9,14,16H,3-6,8,13H2;2H,1H3. The van der Waals surface area contributed by atoms with Gasteiger partial charge >= 0.3 is 0 Å². The molecule has 5 heterocycles. The highest BCUT2D eigenvalue weighted by Crippen LogP contribution is 2.31. The SMILES string of the molecule is CN1CCN(c2ccc(C(N)=O)c(Oc3cnc4[nH]ccc4c3)c2)CC1.CO.Cc1ccc2c(c1)CN(C(=O)C(C)C)CC2.Nc1cc(S)ccc1NCC1CCOCC1. The maximum atomic E-state index is 11.9. The zero-order valence-electron chi connectivity index (χ0n) is 35.6. The van der Waals surface area contributed by atoms with Crippen molar-refractivity contribution in [3.05, 3.63) is 101 Å². The van der Waals surface area contributed by atoms with Gasteiger partial charge in [0.15, 0.2) is 0 Å². The average Bonchev–Trinajstić information content (AvgIpc) is 3.73. The first kappa shape index (κ1) is 45.8. The summed E-state index contributed by atoms with van der Waals surface area (Å²) in [6, 6.07) is 21.7. The van der Waals surface area contributed by atoms with E-state index in [-0.39, 0.29) is 11.8 Å². The quantitative estimate of drug-likeness (QED) is 0.0725. The van der Waals surface area contributed by atoms with Gasteiger partial charge in [0.05, 0.1) is 23.1 Å². The summed E-state index contributed by atoms with van der Waals surface area (Å²) >= 11 is 4.25. The normalized spacial score (nSPS) is 15.4. The number of nitrogen functional groups attached to an aromatic ring is 1. The van der Waals surface area contributed by atoms with Crippen molar-refractivity contribution in [3.63, 3.8) is 0 Å². The van der Waals surface area contributed by atoms with Gasteiger partial charge in [0.2, 0.25) is 5.91 Å². The molecule has 8 rings (SSSR count). The molecule has 5 aromatic rings. The molecule has 0 radical (unpaired) electrons. The molecule has 0 atom stereocenters. The second kappa shape index (κ2) is 22.4. The summed E-state index contributed by atoms with van der Waals surface area (Å²) in [6.07, 6.45) is 6.72. The van der Waals surface area contributed by atoms with Crippen LogP contribution < -0.4 is 26.4 Å². The fourth-order valence-corrected chi connectivity index (χ4v) is 7.53. The van der Waals surface area contributed by atoms with Crippen LogP contribution in [0.5, 0.6) is 11.5 Å². The van der Waals surface area contributed by atoms with E-state index in [0.29, 0.717) is 23.0 Å². The number of ether oxygens (including phenoxy) is 2. The number of hydrogen-bond acceptors (Lipinski definition) is 11. The maximum Gasteiger partial charge on any atom is 0.252 e. The summed E-state index contributed by atoms with van der Waals surface area (Å²) in [7, 11) is 3.12. The van der Waals surface area contributed by atoms with E-state index in [2.05, 4.69) is 69.9 Å². The van der Waals surface area contributed by atoms with Crippen molar-refractivity contribution >= 4 is 52.5 Å². The van der Waals surface area contributed by atoms with Gasteiger partial charge in [-0.15, -0.1) is 12.6 Å². The first-order valence-electron chi connectivity index (χ1n) is 20.6. The Labute approximate surface area is 359 Å². The molecular weight excluding hydrogens is 777 g/mol. The number of pyridine rings is 1. The predicted molar refractivity (Wildman–Crippen MR) is 244 cm³/mol. The molecule has 2 aromatic heterocycles. The number of hydrogen-bond donors (Lipinski definition) is 6. The van der Waals surface area contributed by atoms with Gasteiger partial charge in [-0.1, -0.05) is 37.6 Å². The summed E-state index contributed by atoms with van der Waals surface area (Å²) in [4.78, 5) is 38.6. The number of nitrogens with one attached hydrogen (secondary N) is 2. The van der Waals surface area contributed by atoms with Crippen LogP contribution in [0.1, 0.15) is 53.7 Å². The second-order valence-electron chi connectivity index (χ2n) is 15.7. The molecule has 3 aliphatic heterocycles. The summed E-state index contributed by atoms with van der Waals surface area (Å²) < 4.78 is 11.3. The van der Waals surface area contributed by atoms with Crippen LogP contribution in [0.25, 0.3) is 11.0 Å². The summed E-state index contributed by atoms with van der Waals surface area (Å²) in [6.45, 7) is 14.3. The largest absolute Gasteiger partial charge is 0.455 e. The average molecular weight is 839 g/mol. The molecule has 3 aliphatic rings. The minimum Gasteiger partial charge on any atom is -0.455 e. The number of primary amides is 1. The highest BCUT2D eigenvalue weighted by Gasteiger charge is 2.23. The molecule has 60 heavy (non-hydrogen) atoms. The van der Waals surface area contributed by atoms with Crippen molar-refractivity contribution in [1.82, 2.24) is 19.8 Å². The number of carbonyl (C=O) groups excluding carboxylic acids is 2. The first-order chi connectivity index (χ1) is 28.9. The van der Waals surface area contributed by atoms with Gasteiger partial charge in [-0.2, -0.15) is 0 Å². The van der Waals surface area contributed by atoms with Crippen LogP contribution in [0.2, 0.25) is 0 Å². The Hall–Kier alpha value is -5.28. The van der Waals surface area contributed by atoms with Gasteiger partial charge < -0.3 is 51.0 Å². The number of benzene rings is 3. The minimum absolute atomic E-state index is 0.103. The number of fused-ring (bicyclic) bond motifs is 2. The monoisotopic (exact) mass is 838 g/mol. The molecule has 0 unspecified atom stereocenters. The molecule has 2 saturated heterocycles. The fraction of sp³-hybridized carbons (Fsp3) is 0.413. The molecule has 322 valence electrons.